The lowest BCUT2D eigenvalue weighted by molar-refractivity contribution is 0.178. The SMILES string of the molecule is COCc1nc(N)c2c3c(sc2n1)CCC3. The molecule has 2 heterocycles. The summed E-state index contributed by atoms with van der Waals surface area (Å²) in [7, 11) is 1.64. The van der Waals surface area contributed by atoms with Gasteiger partial charge in [0.15, 0.2) is 5.82 Å². The van der Waals surface area contributed by atoms with Crippen LogP contribution < -0.4 is 5.73 Å². The third-order valence-corrected chi connectivity index (χ3v) is 4.10. The molecule has 4 nitrogen and oxygen atoms in total. The molecule has 0 bridgehead atoms. The number of hydrogen-bond donors (Lipinski definition) is 1. The van der Waals surface area contributed by atoms with Gasteiger partial charge in [-0.25, -0.2) is 9.97 Å². The van der Waals surface area contributed by atoms with Crippen LogP contribution in [-0.4, -0.2) is 17.1 Å². The largest absolute Gasteiger partial charge is 0.383 e. The number of nitrogens with two attached hydrogens (primary N) is 1. The molecule has 0 aliphatic heterocycles. The van der Waals surface area contributed by atoms with E-state index in [4.69, 9.17) is 10.5 Å². The van der Waals surface area contributed by atoms with Crippen LogP contribution in [0.3, 0.4) is 0 Å². The summed E-state index contributed by atoms with van der Waals surface area (Å²) in [6, 6.07) is 0. The van der Waals surface area contributed by atoms with Crippen molar-refractivity contribution in [2.24, 2.45) is 0 Å². The van der Waals surface area contributed by atoms with Crippen LogP contribution in [0.25, 0.3) is 10.2 Å². The maximum absolute atomic E-state index is 6.00. The molecule has 0 saturated heterocycles. The summed E-state index contributed by atoms with van der Waals surface area (Å²) >= 11 is 1.75. The van der Waals surface area contributed by atoms with Gasteiger partial charge in [0.2, 0.25) is 0 Å². The zero-order chi connectivity index (χ0) is 11.1. The molecule has 2 aromatic heterocycles. The van der Waals surface area contributed by atoms with Crippen molar-refractivity contribution in [2.45, 2.75) is 25.9 Å². The third-order valence-electron chi connectivity index (χ3n) is 2.91. The summed E-state index contributed by atoms with van der Waals surface area (Å²) in [5.74, 6) is 1.28. The summed E-state index contributed by atoms with van der Waals surface area (Å²) in [6.45, 7) is 0.419. The Morgan fingerprint density at radius 1 is 1.38 bits per heavy atom. The quantitative estimate of drug-likeness (QED) is 0.863. The van der Waals surface area contributed by atoms with E-state index in [0.717, 1.165) is 23.1 Å². The lowest BCUT2D eigenvalue weighted by atomic mass is 10.2. The monoisotopic (exact) mass is 235 g/mol. The second-order valence-corrected chi connectivity index (χ2v) is 5.08. The van der Waals surface area contributed by atoms with Crippen molar-refractivity contribution in [3.8, 4) is 0 Å². The Morgan fingerprint density at radius 3 is 3.06 bits per heavy atom. The second-order valence-electron chi connectivity index (χ2n) is 4.00. The molecule has 3 rings (SSSR count). The maximum Gasteiger partial charge on any atom is 0.158 e. The highest BCUT2D eigenvalue weighted by molar-refractivity contribution is 7.19. The van der Waals surface area contributed by atoms with Crippen LogP contribution in [-0.2, 0) is 24.2 Å². The Labute approximate surface area is 97.5 Å². The van der Waals surface area contributed by atoms with E-state index in [0.29, 0.717) is 18.2 Å². The Hall–Kier alpha value is -1.20. The van der Waals surface area contributed by atoms with Gasteiger partial charge in [-0.15, -0.1) is 11.3 Å². The molecule has 84 valence electrons. The van der Waals surface area contributed by atoms with Gasteiger partial charge in [-0.1, -0.05) is 0 Å². The Balaban J connectivity index is 2.22. The highest BCUT2D eigenvalue weighted by atomic mass is 32.1. The molecule has 16 heavy (non-hydrogen) atoms. The fourth-order valence-electron chi connectivity index (χ4n) is 2.26. The zero-order valence-corrected chi connectivity index (χ0v) is 9.93. The number of hydrogen-bond acceptors (Lipinski definition) is 5. The number of rotatable bonds is 2. The fraction of sp³-hybridized carbons (Fsp3) is 0.455. The number of thiophene rings is 1. The van der Waals surface area contributed by atoms with Gasteiger partial charge in [0, 0.05) is 12.0 Å². The molecule has 0 radical (unpaired) electrons. The maximum atomic E-state index is 6.00. The molecule has 2 aromatic rings. The van der Waals surface area contributed by atoms with E-state index in [1.807, 2.05) is 0 Å². The van der Waals surface area contributed by atoms with Gasteiger partial charge in [0.1, 0.15) is 17.3 Å². The first kappa shape index (κ1) is 9.99. The Morgan fingerprint density at radius 2 is 2.25 bits per heavy atom. The van der Waals surface area contributed by atoms with Gasteiger partial charge in [-0.2, -0.15) is 0 Å². The number of aromatic nitrogens is 2. The molecule has 1 aliphatic carbocycles. The van der Waals surface area contributed by atoms with Crippen LogP contribution >= 0.6 is 11.3 Å². The van der Waals surface area contributed by atoms with E-state index in [1.54, 1.807) is 18.4 Å². The van der Waals surface area contributed by atoms with Crippen LogP contribution in [0.2, 0.25) is 0 Å². The normalized spacial score (nSPS) is 14.6. The van der Waals surface area contributed by atoms with Crippen molar-refractivity contribution < 1.29 is 4.74 Å². The number of aryl methyl sites for hydroxylation is 2. The molecule has 0 amide bonds. The van der Waals surface area contributed by atoms with E-state index < -0.39 is 0 Å². The first-order chi connectivity index (χ1) is 7.79. The van der Waals surface area contributed by atoms with Gasteiger partial charge in [-0.3, -0.25) is 0 Å². The summed E-state index contributed by atoms with van der Waals surface area (Å²) in [5, 5.41) is 1.08. The van der Waals surface area contributed by atoms with E-state index >= 15 is 0 Å². The molecule has 0 aromatic carbocycles. The minimum atomic E-state index is 0.419. The van der Waals surface area contributed by atoms with Crippen molar-refractivity contribution in [1.82, 2.24) is 9.97 Å². The van der Waals surface area contributed by atoms with E-state index in [1.165, 1.54) is 16.9 Å². The van der Waals surface area contributed by atoms with E-state index in [-0.39, 0.29) is 0 Å². The number of fused-ring (bicyclic) bond motifs is 3. The fourth-order valence-corrected chi connectivity index (χ4v) is 3.55. The van der Waals surface area contributed by atoms with Gasteiger partial charge in [0.25, 0.3) is 0 Å². The lowest BCUT2D eigenvalue weighted by Gasteiger charge is -2.02. The molecule has 2 N–H and O–H groups in total. The average Bonchev–Trinajstić information content (AvgIpc) is 2.76. The van der Waals surface area contributed by atoms with Crippen molar-refractivity contribution in [1.29, 1.82) is 0 Å². The minimum absolute atomic E-state index is 0.419. The van der Waals surface area contributed by atoms with Crippen LogP contribution in [0.15, 0.2) is 0 Å². The summed E-state index contributed by atoms with van der Waals surface area (Å²) in [5.41, 5.74) is 7.38. The van der Waals surface area contributed by atoms with Crippen molar-refractivity contribution >= 4 is 27.4 Å². The molecule has 0 fully saturated rings. The molecule has 1 aliphatic rings. The summed E-state index contributed by atoms with van der Waals surface area (Å²) in [6.07, 6.45) is 3.51. The minimum Gasteiger partial charge on any atom is -0.383 e. The lowest BCUT2D eigenvalue weighted by Crippen LogP contribution is -2.01. The molecular weight excluding hydrogens is 222 g/mol. The van der Waals surface area contributed by atoms with Crippen LogP contribution in [0, 0.1) is 0 Å². The highest BCUT2D eigenvalue weighted by Gasteiger charge is 2.21. The number of nitrogen functional groups attached to an aromatic ring is 1. The highest BCUT2D eigenvalue weighted by Crippen LogP contribution is 2.38. The van der Waals surface area contributed by atoms with Crippen LogP contribution in [0.1, 0.15) is 22.7 Å². The molecule has 0 unspecified atom stereocenters. The number of anilines is 1. The van der Waals surface area contributed by atoms with Gasteiger partial charge in [0.05, 0.1) is 5.39 Å². The van der Waals surface area contributed by atoms with Crippen molar-refractivity contribution in [3.05, 3.63) is 16.3 Å². The van der Waals surface area contributed by atoms with Crippen molar-refractivity contribution in [3.63, 3.8) is 0 Å². The predicted octanol–water partition coefficient (Wildman–Crippen LogP) is 1.91. The first-order valence-corrected chi connectivity index (χ1v) is 6.17. The van der Waals surface area contributed by atoms with Crippen LogP contribution in [0.4, 0.5) is 5.82 Å². The summed E-state index contributed by atoms with van der Waals surface area (Å²) in [4.78, 5) is 11.2. The summed E-state index contributed by atoms with van der Waals surface area (Å²) < 4.78 is 5.03. The molecule has 0 spiro atoms. The van der Waals surface area contributed by atoms with Gasteiger partial charge >= 0.3 is 0 Å². The molecule has 5 heteroatoms. The molecule has 0 atom stereocenters. The number of nitrogens with zero attached hydrogens (tertiary/aromatic N) is 2. The smallest absolute Gasteiger partial charge is 0.158 e. The first-order valence-electron chi connectivity index (χ1n) is 5.35. The standard InChI is InChI=1S/C11H13N3OS/c1-15-5-8-13-10(12)9-6-3-2-4-7(6)16-11(9)14-8/h2-5H2,1H3,(H2,12,13,14). The van der Waals surface area contributed by atoms with Gasteiger partial charge < -0.3 is 10.5 Å². The second kappa shape index (κ2) is 3.68. The molecule has 0 saturated carbocycles. The van der Waals surface area contributed by atoms with Gasteiger partial charge in [-0.05, 0) is 24.8 Å². The average molecular weight is 235 g/mol. The van der Waals surface area contributed by atoms with E-state index in [9.17, 15) is 0 Å². The number of methoxy groups -OCH3 is 1. The topological polar surface area (TPSA) is 61.0 Å². The molecular formula is C11H13N3OS. The van der Waals surface area contributed by atoms with Crippen LogP contribution in [0.5, 0.6) is 0 Å². The number of ether oxygens (including phenoxy) is 1. The van der Waals surface area contributed by atoms with Crippen molar-refractivity contribution in [2.75, 3.05) is 12.8 Å². The van der Waals surface area contributed by atoms with E-state index in [2.05, 4.69) is 9.97 Å². The zero-order valence-electron chi connectivity index (χ0n) is 9.12. The Kier molecular flexibility index (Phi) is 2.29. The Bertz CT molecular complexity index is 550. The third kappa shape index (κ3) is 1.39. The predicted molar refractivity (Wildman–Crippen MR) is 64.6 cm³/mol.